The molecule has 0 saturated heterocycles. The van der Waals surface area contributed by atoms with Gasteiger partial charge in [0, 0.05) is 0 Å². The van der Waals surface area contributed by atoms with Gasteiger partial charge in [0.25, 0.3) is 0 Å². The van der Waals surface area contributed by atoms with Gasteiger partial charge in [0.15, 0.2) is 0 Å². The standard InChI is InChI=1S/C9H22N2/c1-7(2)11(8(3)4)6-9(5)10/h7-9H,6,10H2,1-5H3/p+2/t9-/m0/s1. The summed E-state index contributed by atoms with van der Waals surface area (Å²) in [6.07, 6.45) is 0. The van der Waals surface area contributed by atoms with Gasteiger partial charge in [-0.3, -0.25) is 0 Å². The van der Waals surface area contributed by atoms with Gasteiger partial charge < -0.3 is 10.6 Å². The molecule has 0 aliphatic rings. The van der Waals surface area contributed by atoms with E-state index in [0.717, 1.165) is 12.1 Å². The zero-order chi connectivity index (χ0) is 9.02. The van der Waals surface area contributed by atoms with Gasteiger partial charge in [0.1, 0.15) is 12.6 Å². The van der Waals surface area contributed by atoms with Gasteiger partial charge in [-0.25, -0.2) is 0 Å². The summed E-state index contributed by atoms with van der Waals surface area (Å²) in [6.45, 7) is 12.5. The highest BCUT2D eigenvalue weighted by molar-refractivity contribution is 4.45. The zero-order valence-electron chi connectivity index (χ0n) is 8.65. The molecule has 0 saturated carbocycles. The van der Waals surface area contributed by atoms with Crippen LogP contribution in [0.5, 0.6) is 0 Å². The third-order valence-corrected chi connectivity index (χ3v) is 2.07. The molecule has 0 heterocycles. The number of hydrogen-bond acceptors (Lipinski definition) is 0. The lowest BCUT2D eigenvalue weighted by molar-refractivity contribution is -0.949. The van der Waals surface area contributed by atoms with Gasteiger partial charge in [-0.1, -0.05) is 0 Å². The summed E-state index contributed by atoms with van der Waals surface area (Å²) in [6, 6.07) is 2.01. The molecule has 0 bridgehead atoms. The molecule has 0 spiro atoms. The van der Waals surface area contributed by atoms with Gasteiger partial charge in [0.05, 0.1) is 12.1 Å². The van der Waals surface area contributed by atoms with Crippen LogP contribution in [0.3, 0.4) is 0 Å². The van der Waals surface area contributed by atoms with Crippen molar-refractivity contribution in [3.63, 3.8) is 0 Å². The minimum atomic E-state index is 0.565. The first-order valence-corrected chi connectivity index (χ1v) is 4.63. The molecule has 2 nitrogen and oxygen atoms in total. The van der Waals surface area contributed by atoms with Crippen molar-refractivity contribution in [1.82, 2.24) is 0 Å². The first-order chi connectivity index (χ1) is 4.95. The van der Waals surface area contributed by atoms with Crippen LogP contribution in [-0.2, 0) is 0 Å². The van der Waals surface area contributed by atoms with Gasteiger partial charge in [-0.15, -0.1) is 0 Å². The topological polar surface area (TPSA) is 32.1 Å². The van der Waals surface area contributed by atoms with E-state index in [0.29, 0.717) is 6.04 Å². The Labute approximate surface area is 70.8 Å². The zero-order valence-corrected chi connectivity index (χ0v) is 8.65. The van der Waals surface area contributed by atoms with Crippen LogP contribution in [0, 0.1) is 0 Å². The van der Waals surface area contributed by atoms with Crippen molar-refractivity contribution < 1.29 is 10.6 Å². The molecule has 2 heteroatoms. The Kier molecular flexibility index (Phi) is 4.69. The summed E-state index contributed by atoms with van der Waals surface area (Å²) in [5.74, 6) is 0. The molecular weight excluding hydrogens is 136 g/mol. The van der Waals surface area contributed by atoms with Gasteiger partial charge >= 0.3 is 0 Å². The van der Waals surface area contributed by atoms with E-state index in [1.807, 2.05) is 0 Å². The molecule has 0 radical (unpaired) electrons. The molecule has 11 heavy (non-hydrogen) atoms. The summed E-state index contributed by atoms with van der Waals surface area (Å²) >= 11 is 0. The van der Waals surface area contributed by atoms with E-state index in [9.17, 15) is 0 Å². The summed E-state index contributed by atoms with van der Waals surface area (Å²) in [7, 11) is 0. The molecule has 0 aromatic rings. The average molecular weight is 160 g/mol. The lowest BCUT2D eigenvalue weighted by Crippen LogP contribution is -3.19. The molecule has 0 amide bonds. The molecule has 68 valence electrons. The van der Waals surface area contributed by atoms with Crippen LogP contribution in [-0.4, -0.2) is 24.7 Å². The van der Waals surface area contributed by atoms with Crippen LogP contribution in [0.15, 0.2) is 0 Å². The summed E-state index contributed by atoms with van der Waals surface area (Å²) in [5.41, 5.74) is 4.02. The van der Waals surface area contributed by atoms with Crippen LogP contribution in [0.1, 0.15) is 34.6 Å². The molecule has 0 aromatic heterocycles. The van der Waals surface area contributed by atoms with Crippen molar-refractivity contribution in [2.24, 2.45) is 0 Å². The highest BCUT2D eigenvalue weighted by Crippen LogP contribution is 1.77. The fourth-order valence-corrected chi connectivity index (χ4v) is 1.54. The van der Waals surface area contributed by atoms with E-state index in [-0.39, 0.29) is 0 Å². The second-order valence-corrected chi connectivity index (χ2v) is 4.19. The Balaban J connectivity index is 3.90. The first-order valence-electron chi connectivity index (χ1n) is 4.63. The Morgan fingerprint density at radius 1 is 1.00 bits per heavy atom. The number of nitrogens with one attached hydrogen (secondary N) is 1. The molecule has 0 unspecified atom stereocenters. The van der Waals surface area contributed by atoms with Crippen molar-refractivity contribution in [3.8, 4) is 0 Å². The van der Waals surface area contributed by atoms with Gasteiger partial charge in [0.2, 0.25) is 0 Å². The van der Waals surface area contributed by atoms with E-state index in [4.69, 9.17) is 0 Å². The third kappa shape index (κ3) is 4.38. The van der Waals surface area contributed by atoms with Crippen LogP contribution in [0.4, 0.5) is 0 Å². The van der Waals surface area contributed by atoms with Crippen molar-refractivity contribution in [3.05, 3.63) is 0 Å². The summed E-state index contributed by atoms with van der Waals surface area (Å²) < 4.78 is 0. The Bertz CT molecular complexity index is 89.7. The summed E-state index contributed by atoms with van der Waals surface area (Å²) in [4.78, 5) is 1.66. The number of hydrogen-bond donors (Lipinski definition) is 2. The molecule has 4 N–H and O–H groups in total. The summed E-state index contributed by atoms with van der Waals surface area (Å²) in [5, 5.41) is 0. The normalized spacial score (nSPS) is 15.0. The van der Waals surface area contributed by atoms with Gasteiger partial charge in [-0.2, -0.15) is 0 Å². The quantitative estimate of drug-likeness (QED) is 0.546. The van der Waals surface area contributed by atoms with E-state index < -0.39 is 0 Å². The molecule has 0 fully saturated rings. The lowest BCUT2D eigenvalue weighted by atomic mass is 10.2. The second kappa shape index (κ2) is 4.73. The Morgan fingerprint density at radius 2 is 1.36 bits per heavy atom. The van der Waals surface area contributed by atoms with Crippen LogP contribution < -0.4 is 10.6 Å². The molecule has 0 aliphatic carbocycles. The Morgan fingerprint density at radius 3 is 1.45 bits per heavy atom. The maximum absolute atomic E-state index is 4.02. The highest BCUT2D eigenvalue weighted by atomic mass is 15.2. The monoisotopic (exact) mass is 160 g/mol. The average Bonchev–Trinajstić information content (AvgIpc) is 1.81. The molecule has 1 atom stereocenters. The third-order valence-electron chi connectivity index (χ3n) is 2.07. The highest BCUT2D eigenvalue weighted by Gasteiger charge is 2.19. The van der Waals surface area contributed by atoms with E-state index in [1.165, 1.54) is 6.54 Å². The molecule has 0 aliphatic heterocycles. The maximum Gasteiger partial charge on any atom is 0.131 e. The second-order valence-electron chi connectivity index (χ2n) is 4.19. The van der Waals surface area contributed by atoms with Crippen LogP contribution in [0.2, 0.25) is 0 Å². The van der Waals surface area contributed by atoms with E-state index >= 15 is 0 Å². The fraction of sp³-hybridized carbons (Fsp3) is 1.00. The van der Waals surface area contributed by atoms with Crippen LogP contribution in [0.25, 0.3) is 0 Å². The first kappa shape index (κ1) is 10.9. The predicted octanol–water partition coefficient (Wildman–Crippen LogP) is -0.681. The molecular formula is C9H24N2+2. The number of rotatable bonds is 4. The molecule has 0 aromatic carbocycles. The maximum atomic E-state index is 4.02. The van der Waals surface area contributed by atoms with Crippen molar-refractivity contribution in [1.29, 1.82) is 0 Å². The number of quaternary nitrogens is 2. The predicted molar refractivity (Wildman–Crippen MR) is 48.5 cm³/mol. The molecule has 0 rings (SSSR count). The van der Waals surface area contributed by atoms with Gasteiger partial charge in [-0.05, 0) is 34.6 Å². The minimum absolute atomic E-state index is 0.565. The minimum Gasteiger partial charge on any atom is -0.351 e. The van der Waals surface area contributed by atoms with E-state index in [2.05, 4.69) is 40.4 Å². The SMILES string of the molecule is CC(C)[NH+](C[C@H](C)[NH3+])C(C)C. The van der Waals surface area contributed by atoms with Crippen molar-refractivity contribution in [2.45, 2.75) is 52.7 Å². The largest absolute Gasteiger partial charge is 0.351 e. The Hall–Kier alpha value is -0.0800. The van der Waals surface area contributed by atoms with Crippen molar-refractivity contribution in [2.75, 3.05) is 6.54 Å². The smallest absolute Gasteiger partial charge is 0.131 e. The van der Waals surface area contributed by atoms with Crippen LogP contribution >= 0.6 is 0 Å². The fourth-order valence-electron chi connectivity index (χ4n) is 1.54. The van der Waals surface area contributed by atoms with E-state index in [1.54, 1.807) is 4.90 Å². The lowest BCUT2D eigenvalue weighted by Gasteiger charge is -2.27. The van der Waals surface area contributed by atoms with Crippen molar-refractivity contribution >= 4 is 0 Å².